The highest BCUT2D eigenvalue weighted by Gasteiger charge is 2.28. The molecular weight excluding hydrogens is 283 g/mol. The van der Waals surface area contributed by atoms with Gasteiger partial charge in [-0.05, 0) is 37.7 Å². The summed E-state index contributed by atoms with van der Waals surface area (Å²) < 4.78 is 39.9. The molecule has 0 atom stereocenters. The van der Waals surface area contributed by atoms with Gasteiger partial charge in [0.2, 0.25) is 10.0 Å². The van der Waals surface area contributed by atoms with Crippen molar-refractivity contribution in [1.29, 1.82) is 0 Å². The van der Waals surface area contributed by atoms with Gasteiger partial charge in [-0.25, -0.2) is 12.8 Å². The Hall–Kier alpha value is -1.02. The molecule has 1 saturated heterocycles. The van der Waals surface area contributed by atoms with Crippen LogP contribution in [0.3, 0.4) is 0 Å². The zero-order chi connectivity index (χ0) is 14.8. The fourth-order valence-electron chi connectivity index (χ4n) is 2.30. The lowest BCUT2D eigenvalue weighted by Crippen LogP contribution is -2.35. The van der Waals surface area contributed by atoms with E-state index in [1.165, 1.54) is 10.4 Å². The Labute approximate surface area is 118 Å². The van der Waals surface area contributed by atoms with Crippen LogP contribution < -0.4 is 0 Å². The van der Waals surface area contributed by atoms with Gasteiger partial charge in [0.05, 0.1) is 11.5 Å². The number of hydrogen-bond acceptors (Lipinski definition) is 4. The van der Waals surface area contributed by atoms with Gasteiger partial charge in [0.1, 0.15) is 5.82 Å². The summed E-state index contributed by atoms with van der Waals surface area (Å²) in [6.45, 7) is 1.84. The number of hydrogen-bond donors (Lipinski definition) is 1. The van der Waals surface area contributed by atoms with Gasteiger partial charge < -0.3 is 10.0 Å². The van der Waals surface area contributed by atoms with E-state index >= 15 is 0 Å². The molecule has 1 N–H and O–H groups in total. The van der Waals surface area contributed by atoms with Crippen molar-refractivity contribution in [2.24, 2.45) is 0 Å². The van der Waals surface area contributed by atoms with E-state index in [1.54, 1.807) is 0 Å². The zero-order valence-corrected chi connectivity index (χ0v) is 12.2. The quantitative estimate of drug-likeness (QED) is 0.890. The second-order valence-corrected chi connectivity index (χ2v) is 6.88. The van der Waals surface area contributed by atoms with Crippen molar-refractivity contribution in [1.82, 2.24) is 9.21 Å². The molecule has 112 valence electrons. The summed E-state index contributed by atoms with van der Waals surface area (Å²) in [5.74, 6) is -0.618. The van der Waals surface area contributed by atoms with E-state index in [0.29, 0.717) is 19.6 Å². The smallest absolute Gasteiger partial charge is 0.243 e. The lowest BCUT2D eigenvalue weighted by molar-refractivity contribution is 0.277. The molecule has 0 radical (unpaired) electrons. The molecule has 1 aliphatic rings. The fourth-order valence-corrected chi connectivity index (χ4v) is 4.00. The average molecular weight is 302 g/mol. The summed E-state index contributed by atoms with van der Waals surface area (Å²) in [5, 5.41) is 9.25. The van der Waals surface area contributed by atoms with Crippen molar-refractivity contribution < 1.29 is 17.9 Å². The van der Waals surface area contributed by atoms with Crippen molar-refractivity contribution in [2.45, 2.75) is 17.9 Å². The van der Waals surface area contributed by atoms with Crippen molar-refractivity contribution in [3.05, 3.63) is 29.6 Å². The predicted octanol–water partition coefficient (Wildman–Crippen LogP) is 0.644. The van der Waals surface area contributed by atoms with Gasteiger partial charge in [0.25, 0.3) is 0 Å². The Balaban J connectivity index is 2.36. The molecule has 0 aromatic heterocycles. The second kappa shape index (κ2) is 6.17. The number of benzene rings is 1. The first kappa shape index (κ1) is 15.4. The lowest BCUT2D eigenvalue weighted by atomic mass is 10.2. The SMILES string of the molecule is CN1CCCN(S(=O)(=O)c2cc(F)ccc2CO)CC1. The highest BCUT2D eigenvalue weighted by molar-refractivity contribution is 7.89. The Kier molecular flexibility index (Phi) is 4.74. The molecule has 1 aliphatic heterocycles. The van der Waals surface area contributed by atoms with Crippen LogP contribution in [0, 0.1) is 5.82 Å². The Morgan fingerprint density at radius 3 is 2.70 bits per heavy atom. The third kappa shape index (κ3) is 3.17. The lowest BCUT2D eigenvalue weighted by Gasteiger charge is -2.21. The minimum Gasteiger partial charge on any atom is -0.392 e. The van der Waals surface area contributed by atoms with Crippen LogP contribution in [0.1, 0.15) is 12.0 Å². The molecule has 0 saturated carbocycles. The van der Waals surface area contributed by atoms with Crippen LogP contribution in [0.25, 0.3) is 0 Å². The van der Waals surface area contributed by atoms with E-state index in [-0.39, 0.29) is 10.5 Å². The number of nitrogens with zero attached hydrogens (tertiary/aromatic N) is 2. The van der Waals surface area contributed by atoms with Crippen LogP contribution >= 0.6 is 0 Å². The number of sulfonamides is 1. The molecule has 7 heteroatoms. The van der Waals surface area contributed by atoms with Gasteiger partial charge in [-0.15, -0.1) is 0 Å². The highest BCUT2D eigenvalue weighted by atomic mass is 32.2. The van der Waals surface area contributed by atoms with Crippen molar-refractivity contribution in [2.75, 3.05) is 33.2 Å². The van der Waals surface area contributed by atoms with Crippen LogP contribution in [0.15, 0.2) is 23.1 Å². The van der Waals surface area contributed by atoms with Gasteiger partial charge >= 0.3 is 0 Å². The highest BCUT2D eigenvalue weighted by Crippen LogP contribution is 2.22. The summed E-state index contributed by atoms with van der Waals surface area (Å²) in [7, 11) is -1.83. The molecule has 2 rings (SSSR count). The molecule has 5 nitrogen and oxygen atoms in total. The molecule has 1 fully saturated rings. The van der Waals surface area contributed by atoms with Gasteiger partial charge in [-0.1, -0.05) is 6.07 Å². The van der Waals surface area contributed by atoms with Gasteiger partial charge in [-0.3, -0.25) is 0 Å². The number of aliphatic hydroxyl groups excluding tert-OH is 1. The maximum Gasteiger partial charge on any atom is 0.243 e. The van der Waals surface area contributed by atoms with E-state index in [1.807, 2.05) is 7.05 Å². The van der Waals surface area contributed by atoms with E-state index in [2.05, 4.69) is 4.90 Å². The molecule has 0 aliphatic carbocycles. The third-order valence-corrected chi connectivity index (χ3v) is 5.48. The van der Waals surface area contributed by atoms with E-state index in [9.17, 15) is 17.9 Å². The van der Waals surface area contributed by atoms with E-state index in [4.69, 9.17) is 0 Å². The van der Waals surface area contributed by atoms with Crippen LogP contribution in [0.4, 0.5) is 4.39 Å². The molecular formula is C13H19FN2O3S. The summed E-state index contributed by atoms with van der Waals surface area (Å²) in [6.07, 6.45) is 0.736. The molecule has 20 heavy (non-hydrogen) atoms. The largest absolute Gasteiger partial charge is 0.392 e. The first-order valence-electron chi connectivity index (χ1n) is 6.53. The Morgan fingerprint density at radius 1 is 1.25 bits per heavy atom. The minimum absolute atomic E-state index is 0.135. The summed E-state index contributed by atoms with van der Waals surface area (Å²) in [6, 6.07) is 3.45. The topological polar surface area (TPSA) is 60.9 Å². The summed E-state index contributed by atoms with van der Waals surface area (Å²) >= 11 is 0. The van der Waals surface area contributed by atoms with E-state index in [0.717, 1.165) is 25.1 Å². The first-order valence-corrected chi connectivity index (χ1v) is 7.97. The monoisotopic (exact) mass is 302 g/mol. The molecule has 0 bridgehead atoms. The summed E-state index contributed by atoms with van der Waals surface area (Å²) in [4.78, 5) is 1.93. The van der Waals surface area contributed by atoms with Gasteiger partial charge in [0, 0.05) is 19.6 Å². The fraction of sp³-hybridized carbons (Fsp3) is 0.538. The molecule has 0 unspecified atom stereocenters. The first-order chi connectivity index (χ1) is 9.45. The number of halogens is 1. The normalized spacial score (nSPS) is 18.9. The van der Waals surface area contributed by atoms with Crippen LogP contribution in [0.5, 0.6) is 0 Å². The van der Waals surface area contributed by atoms with Crippen molar-refractivity contribution >= 4 is 10.0 Å². The zero-order valence-electron chi connectivity index (χ0n) is 11.4. The molecule has 0 amide bonds. The second-order valence-electron chi connectivity index (χ2n) is 4.97. The van der Waals surface area contributed by atoms with Crippen molar-refractivity contribution in [3.8, 4) is 0 Å². The van der Waals surface area contributed by atoms with E-state index < -0.39 is 22.4 Å². The maximum atomic E-state index is 13.4. The standard InChI is InChI=1S/C13H19FN2O3S/c1-15-5-2-6-16(8-7-15)20(18,19)13-9-12(14)4-3-11(13)10-17/h3-4,9,17H,2,5-8,10H2,1H3. The number of likely N-dealkylation sites (N-methyl/N-ethyl adjacent to an activating group) is 1. The Bertz CT molecular complexity index is 577. The minimum atomic E-state index is -3.77. The van der Waals surface area contributed by atoms with Crippen molar-refractivity contribution in [3.63, 3.8) is 0 Å². The van der Waals surface area contributed by atoms with Crippen LogP contribution in [-0.4, -0.2) is 56.0 Å². The van der Waals surface area contributed by atoms with Gasteiger partial charge in [0.15, 0.2) is 0 Å². The number of rotatable bonds is 3. The molecule has 0 spiro atoms. The average Bonchev–Trinajstić information content (AvgIpc) is 2.64. The third-order valence-electron chi connectivity index (χ3n) is 3.50. The molecule has 1 aromatic carbocycles. The number of aliphatic hydroxyl groups is 1. The van der Waals surface area contributed by atoms with Crippen LogP contribution in [-0.2, 0) is 16.6 Å². The summed E-state index contributed by atoms with van der Waals surface area (Å²) in [5.41, 5.74) is 0.226. The molecule has 1 aromatic rings. The molecule has 1 heterocycles. The predicted molar refractivity (Wildman–Crippen MR) is 73.2 cm³/mol. The maximum absolute atomic E-state index is 13.4. The van der Waals surface area contributed by atoms with Crippen LogP contribution in [0.2, 0.25) is 0 Å². The van der Waals surface area contributed by atoms with Gasteiger partial charge in [-0.2, -0.15) is 4.31 Å². The Morgan fingerprint density at radius 2 is 2.00 bits per heavy atom.